The average Bonchev–Trinajstić information content (AvgIpc) is 3.32. The van der Waals surface area contributed by atoms with Crippen molar-refractivity contribution < 1.29 is 9.47 Å². The molecule has 0 saturated carbocycles. The first-order chi connectivity index (χ1) is 17.1. The molecule has 0 spiro atoms. The van der Waals surface area contributed by atoms with Crippen LogP contribution >= 0.6 is 0 Å². The molecule has 0 aliphatic carbocycles. The molecule has 0 amide bonds. The Balaban J connectivity index is 1.35. The van der Waals surface area contributed by atoms with Gasteiger partial charge in [-0.25, -0.2) is 4.98 Å². The summed E-state index contributed by atoms with van der Waals surface area (Å²) in [5.74, 6) is 1.91. The van der Waals surface area contributed by atoms with Crippen LogP contribution < -0.4 is 20.7 Å². The number of fused-ring (bicyclic) bond motifs is 1. The van der Waals surface area contributed by atoms with Gasteiger partial charge < -0.3 is 30.0 Å². The summed E-state index contributed by atoms with van der Waals surface area (Å²) in [4.78, 5) is 13.7. The number of hydrogen-bond acceptors (Lipinski definition) is 8. The van der Waals surface area contributed by atoms with E-state index in [0.717, 1.165) is 61.8 Å². The number of benzene rings is 2. The quantitative estimate of drug-likeness (QED) is 0.376. The van der Waals surface area contributed by atoms with E-state index >= 15 is 0 Å². The van der Waals surface area contributed by atoms with E-state index in [9.17, 15) is 0 Å². The lowest BCUT2D eigenvalue weighted by Gasteiger charge is -2.30. The largest absolute Gasteiger partial charge is 0.494 e. The number of nitrogens with one attached hydrogen (secondary N) is 1. The van der Waals surface area contributed by atoms with Gasteiger partial charge in [0.15, 0.2) is 0 Å². The standard InChI is InChI=1S/C26H31N7O2/c1-31(11-12-32-13-15-35-16-14-32)23-18-24(34-2)21(17-20(23)27)29-26-28-9-7-25(30-26)33-10-8-19-5-3-4-6-22(19)33/h3-10,17-18H,11-16,27H2,1-2H3,(H,28,29,30). The first-order valence-corrected chi connectivity index (χ1v) is 11.8. The van der Waals surface area contributed by atoms with Crippen molar-refractivity contribution in [3.63, 3.8) is 0 Å². The molecule has 2 aromatic heterocycles. The normalized spacial score (nSPS) is 14.2. The Labute approximate surface area is 205 Å². The number of likely N-dealkylation sites (N-methyl/N-ethyl adjacent to an activating group) is 1. The second kappa shape index (κ2) is 10.2. The van der Waals surface area contributed by atoms with Crippen molar-refractivity contribution in [2.24, 2.45) is 0 Å². The Bertz CT molecular complexity index is 1300. The number of nitrogen functional groups attached to an aromatic ring is 1. The van der Waals surface area contributed by atoms with Gasteiger partial charge >= 0.3 is 0 Å². The highest BCUT2D eigenvalue weighted by atomic mass is 16.5. The zero-order valence-corrected chi connectivity index (χ0v) is 20.1. The van der Waals surface area contributed by atoms with Crippen LogP contribution in [0.5, 0.6) is 5.75 Å². The summed E-state index contributed by atoms with van der Waals surface area (Å²) in [6.45, 7) is 5.33. The van der Waals surface area contributed by atoms with E-state index in [4.69, 9.17) is 20.2 Å². The number of ether oxygens (including phenoxy) is 2. The van der Waals surface area contributed by atoms with Gasteiger partial charge in [0, 0.05) is 51.7 Å². The third-order valence-corrected chi connectivity index (χ3v) is 6.35. The van der Waals surface area contributed by atoms with Crippen LogP contribution in [0.4, 0.5) is 23.0 Å². The number of nitrogens with two attached hydrogens (primary N) is 1. The summed E-state index contributed by atoms with van der Waals surface area (Å²) in [5.41, 5.74) is 9.84. The van der Waals surface area contributed by atoms with Gasteiger partial charge in [-0.05, 0) is 29.7 Å². The van der Waals surface area contributed by atoms with Crippen molar-refractivity contribution in [1.82, 2.24) is 19.4 Å². The molecule has 1 aliphatic rings. The lowest BCUT2D eigenvalue weighted by molar-refractivity contribution is 0.0393. The molecule has 1 fully saturated rings. The average molecular weight is 474 g/mol. The summed E-state index contributed by atoms with van der Waals surface area (Å²) < 4.78 is 13.2. The number of nitrogens with zero attached hydrogens (tertiary/aromatic N) is 5. The van der Waals surface area contributed by atoms with Crippen LogP contribution in [0.1, 0.15) is 0 Å². The number of rotatable bonds is 8. The third-order valence-electron chi connectivity index (χ3n) is 6.35. The van der Waals surface area contributed by atoms with Crippen molar-refractivity contribution in [2.75, 3.05) is 69.5 Å². The topological polar surface area (TPSA) is 93.7 Å². The van der Waals surface area contributed by atoms with E-state index in [2.05, 4.69) is 38.3 Å². The molecule has 0 radical (unpaired) electrons. The van der Waals surface area contributed by atoms with E-state index < -0.39 is 0 Å². The van der Waals surface area contributed by atoms with Crippen LogP contribution in [0.15, 0.2) is 60.9 Å². The smallest absolute Gasteiger partial charge is 0.229 e. The van der Waals surface area contributed by atoms with Crippen LogP contribution in [0.25, 0.3) is 16.7 Å². The van der Waals surface area contributed by atoms with Crippen LogP contribution in [0.3, 0.4) is 0 Å². The molecule has 1 saturated heterocycles. The zero-order chi connectivity index (χ0) is 24.2. The fraction of sp³-hybridized carbons (Fsp3) is 0.308. The summed E-state index contributed by atoms with van der Waals surface area (Å²) in [6, 6.07) is 16.0. The van der Waals surface area contributed by atoms with Gasteiger partial charge in [-0.1, -0.05) is 18.2 Å². The molecule has 9 nitrogen and oxygen atoms in total. The zero-order valence-electron chi connectivity index (χ0n) is 20.1. The molecule has 9 heteroatoms. The summed E-state index contributed by atoms with van der Waals surface area (Å²) in [6.07, 6.45) is 3.75. The molecule has 3 heterocycles. The second-order valence-corrected chi connectivity index (χ2v) is 8.59. The van der Waals surface area contributed by atoms with Gasteiger partial charge in [0.1, 0.15) is 11.6 Å². The molecule has 1 aliphatic heterocycles. The van der Waals surface area contributed by atoms with Gasteiger partial charge in [0.2, 0.25) is 5.95 Å². The molecule has 0 unspecified atom stereocenters. The molecule has 35 heavy (non-hydrogen) atoms. The Hall–Kier alpha value is -3.82. The number of anilines is 4. The van der Waals surface area contributed by atoms with Crippen molar-refractivity contribution in [3.8, 4) is 11.6 Å². The minimum absolute atomic E-state index is 0.464. The number of hydrogen-bond donors (Lipinski definition) is 2. The van der Waals surface area contributed by atoms with E-state index in [1.165, 1.54) is 0 Å². The summed E-state index contributed by atoms with van der Waals surface area (Å²) in [7, 11) is 3.70. The van der Waals surface area contributed by atoms with Gasteiger partial charge in [-0.2, -0.15) is 4.98 Å². The first kappa shape index (κ1) is 22.9. The van der Waals surface area contributed by atoms with Crippen LogP contribution in [0.2, 0.25) is 0 Å². The minimum Gasteiger partial charge on any atom is -0.494 e. The van der Waals surface area contributed by atoms with Gasteiger partial charge in [0.05, 0.1) is 42.9 Å². The highest BCUT2D eigenvalue weighted by Gasteiger charge is 2.16. The fourth-order valence-corrected chi connectivity index (χ4v) is 4.37. The highest BCUT2D eigenvalue weighted by Crippen LogP contribution is 2.36. The predicted octanol–water partition coefficient (Wildman–Crippen LogP) is 3.52. The third kappa shape index (κ3) is 5.01. The highest BCUT2D eigenvalue weighted by molar-refractivity contribution is 5.82. The number of aromatic nitrogens is 3. The van der Waals surface area contributed by atoms with Gasteiger partial charge in [-0.3, -0.25) is 4.90 Å². The summed E-state index contributed by atoms with van der Waals surface area (Å²) in [5, 5.41) is 4.44. The fourth-order valence-electron chi connectivity index (χ4n) is 4.37. The molecular formula is C26H31N7O2. The number of methoxy groups -OCH3 is 1. The van der Waals surface area contributed by atoms with Crippen molar-refractivity contribution in [2.45, 2.75) is 0 Å². The molecule has 5 rings (SSSR count). The number of para-hydroxylation sites is 1. The van der Waals surface area contributed by atoms with Crippen LogP contribution in [-0.2, 0) is 4.74 Å². The molecular weight excluding hydrogens is 442 g/mol. The predicted molar refractivity (Wildman–Crippen MR) is 140 cm³/mol. The molecule has 0 bridgehead atoms. The van der Waals surface area contributed by atoms with E-state index in [0.29, 0.717) is 23.1 Å². The molecule has 182 valence electrons. The second-order valence-electron chi connectivity index (χ2n) is 8.59. The van der Waals surface area contributed by atoms with Crippen LogP contribution in [0, 0.1) is 0 Å². The SMILES string of the molecule is COc1cc(N(C)CCN2CCOCC2)c(N)cc1Nc1nccc(-n2ccc3ccccc32)n1. The minimum atomic E-state index is 0.464. The van der Waals surface area contributed by atoms with Crippen molar-refractivity contribution >= 4 is 33.9 Å². The van der Waals surface area contributed by atoms with Crippen molar-refractivity contribution in [3.05, 3.63) is 60.9 Å². The first-order valence-electron chi connectivity index (χ1n) is 11.8. The Morgan fingerprint density at radius 1 is 1.14 bits per heavy atom. The molecule has 4 aromatic rings. The van der Waals surface area contributed by atoms with E-state index in [-0.39, 0.29) is 0 Å². The Morgan fingerprint density at radius 3 is 2.80 bits per heavy atom. The summed E-state index contributed by atoms with van der Waals surface area (Å²) >= 11 is 0. The maximum absolute atomic E-state index is 6.46. The Morgan fingerprint density at radius 2 is 1.97 bits per heavy atom. The monoisotopic (exact) mass is 473 g/mol. The lowest BCUT2D eigenvalue weighted by atomic mass is 10.2. The van der Waals surface area contributed by atoms with E-state index in [1.54, 1.807) is 13.3 Å². The van der Waals surface area contributed by atoms with Crippen LogP contribution in [-0.4, -0.2) is 73.0 Å². The maximum Gasteiger partial charge on any atom is 0.229 e. The van der Waals surface area contributed by atoms with Gasteiger partial charge in [-0.15, -0.1) is 0 Å². The Kier molecular flexibility index (Phi) is 6.69. The van der Waals surface area contributed by atoms with Gasteiger partial charge in [0.25, 0.3) is 0 Å². The molecule has 3 N–H and O–H groups in total. The maximum atomic E-state index is 6.46. The van der Waals surface area contributed by atoms with Crippen molar-refractivity contribution in [1.29, 1.82) is 0 Å². The molecule has 2 aromatic carbocycles. The molecule has 0 atom stereocenters. The van der Waals surface area contributed by atoms with E-state index in [1.807, 2.05) is 48.1 Å². The lowest BCUT2D eigenvalue weighted by Crippen LogP contribution is -2.40. The number of morpholine rings is 1.